The number of nitrogens with zero attached hydrogens (tertiary/aromatic N) is 3. The van der Waals surface area contributed by atoms with Crippen molar-refractivity contribution in [2.24, 2.45) is 22.9 Å². The maximum Gasteiger partial charge on any atom is 0.269 e. The van der Waals surface area contributed by atoms with Gasteiger partial charge in [0.1, 0.15) is 29.9 Å². The van der Waals surface area contributed by atoms with Crippen molar-refractivity contribution in [3.63, 3.8) is 0 Å². The molecule has 2 aliphatic carbocycles. The van der Waals surface area contributed by atoms with Gasteiger partial charge in [-0.1, -0.05) is 67.4 Å². The number of fused-ring (bicyclic) bond motifs is 3. The Balaban J connectivity index is 1.32. The van der Waals surface area contributed by atoms with Crippen LogP contribution in [0.3, 0.4) is 0 Å². The molecule has 12 nitrogen and oxygen atoms in total. The Hall–Kier alpha value is -5.99. The van der Waals surface area contributed by atoms with Gasteiger partial charge in [-0.25, -0.2) is 0 Å². The largest absolute Gasteiger partial charge is 0.459 e. The van der Waals surface area contributed by atoms with Crippen LogP contribution in [0.4, 0.5) is 5.69 Å². The molecule has 6 atom stereocenters. The molecular formula is C55H61N3O9S. The number of benzene rings is 5. The summed E-state index contributed by atoms with van der Waals surface area (Å²) in [6.07, 6.45) is 11.4. The van der Waals surface area contributed by atoms with Crippen molar-refractivity contribution in [2.75, 3.05) is 32.6 Å². The quantitative estimate of drug-likeness (QED) is 0.0225. The molecule has 5 aromatic carbocycles. The maximum atomic E-state index is 15.3. The Morgan fingerprint density at radius 3 is 2.38 bits per heavy atom. The van der Waals surface area contributed by atoms with Crippen LogP contribution in [0.5, 0.6) is 17.2 Å². The summed E-state index contributed by atoms with van der Waals surface area (Å²) >= 11 is 1.66. The second-order valence-electron chi connectivity index (χ2n) is 17.8. The fourth-order valence-corrected chi connectivity index (χ4v) is 10.9. The number of hydrogen-bond acceptors (Lipinski definition) is 11. The topological polar surface area (TPSA) is 153 Å². The van der Waals surface area contributed by atoms with Crippen LogP contribution >= 0.6 is 11.8 Å². The van der Waals surface area contributed by atoms with Crippen molar-refractivity contribution in [1.82, 2.24) is 4.90 Å². The second kappa shape index (κ2) is 22.4. The minimum atomic E-state index is -1.43. The Morgan fingerprint density at radius 1 is 0.941 bits per heavy atom. The van der Waals surface area contributed by atoms with Gasteiger partial charge in [0.25, 0.3) is 11.6 Å². The first-order chi connectivity index (χ1) is 33.2. The summed E-state index contributed by atoms with van der Waals surface area (Å²) in [5.41, 5.74) is 3.75. The van der Waals surface area contributed by atoms with Gasteiger partial charge >= 0.3 is 0 Å². The minimum Gasteiger partial charge on any atom is -0.459 e. The molecule has 13 heteroatoms. The molecule has 6 unspecified atom stereocenters. The van der Waals surface area contributed by atoms with Gasteiger partial charge in [0, 0.05) is 60.3 Å². The third-order valence-electron chi connectivity index (χ3n) is 13.6. The predicted octanol–water partition coefficient (Wildman–Crippen LogP) is 11.6. The number of allylic oxidation sites excluding steroid dienone is 1. The van der Waals surface area contributed by atoms with E-state index in [2.05, 4.69) is 25.6 Å². The van der Waals surface area contributed by atoms with E-state index in [1.807, 2.05) is 90.0 Å². The van der Waals surface area contributed by atoms with Gasteiger partial charge in [-0.05, 0) is 139 Å². The Kier molecular flexibility index (Phi) is 16.0. The lowest BCUT2D eigenvalue weighted by Crippen LogP contribution is -2.70. The number of nitro groups is 1. The highest BCUT2D eigenvalue weighted by atomic mass is 32.2. The first-order valence-corrected chi connectivity index (χ1v) is 25.0. The molecule has 0 spiro atoms. The zero-order chi connectivity index (χ0) is 47.6. The number of carbonyl (C=O) groups is 1. The van der Waals surface area contributed by atoms with Crippen molar-refractivity contribution < 1.29 is 39.0 Å². The Bertz CT molecular complexity index is 2620. The monoisotopic (exact) mass is 939 g/mol. The highest BCUT2D eigenvalue weighted by Crippen LogP contribution is 2.62. The van der Waals surface area contributed by atoms with Gasteiger partial charge in [-0.2, -0.15) is 0 Å². The van der Waals surface area contributed by atoms with E-state index in [0.29, 0.717) is 59.9 Å². The number of non-ortho nitro benzene ring substituents is 1. The molecule has 5 aromatic rings. The molecule has 8 rings (SSSR count). The number of thioether (sulfide) groups is 1. The average Bonchev–Trinajstić information content (AvgIpc) is 3.36. The van der Waals surface area contributed by atoms with Crippen LogP contribution in [0, 0.1) is 27.9 Å². The number of carbonyl (C=O) groups excluding carboxylic acids is 1. The fraction of sp³-hybridized carbons (Fsp3) is 0.382. The van der Waals surface area contributed by atoms with Crippen molar-refractivity contribution >= 4 is 39.8 Å². The zero-order valence-electron chi connectivity index (χ0n) is 38.8. The molecule has 0 aromatic heterocycles. The number of amides is 1. The van der Waals surface area contributed by atoms with E-state index < -0.39 is 22.7 Å². The van der Waals surface area contributed by atoms with Crippen LogP contribution in [0.2, 0.25) is 0 Å². The van der Waals surface area contributed by atoms with E-state index in [-0.39, 0.29) is 62.2 Å². The molecular weight excluding hydrogens is 879 g/mol. The molecule has 68 heavy (non-hydrogen) atoms. The predicted molar refractivity (Wildman–Crippen MR) is 266 cm³/mol. The van der Waals surface area contributed by atoms with Crippen LogP contribution in [0.15, 0.2) is 144 Å². The normalized spacial score (nSPS) is 22.1. The molecule has 2 N–H and O–H groups in total. The SMILES string of the molecule is C=CCOC12Oc3ccc(Oc4ccc(SC)cc4)cc3C3C(CCCCO)C(CCCCO)C=C(C(=NOCc4ccc([N+](=O)[O-])cc4)CC1N(CCC)C(=O)c1ccc4ccccc4c1)C32. The van der Waals surface area contributed by atoms with Crippen LogP contribution in [0.25, 0.3) is 10.8 Å². The summed E-state index contributed by atoms with van der Waals surface area (Å²) in [4.78, 5) is 35.6. The van der Waals surface area contributed by atoms with Crippen LogP contribution in [-0.4, -0.2) is 76.1 Å². The standard InChI is InChI=1S/C55H61N3O9S/c1-4-28-57(54(61)41-19-18-38-12-6-7-13-39(38)32-41)51-35-49(56-65-36-37-16-20-42(21-17-37)58(62)63)47-33-40(14-8-10-29-59)46(15-9-11-30-60)52-48-34-44(66-43-22-25-45(68-3)26-23-43)24-27-50(48)67-55(51,53(47)52)64-31-5-2/h5-7,12-13,16-27,32-34,40,46,51-53,59-60H,2,4,8-11,14-15,28-31,35-36H2,1,3H3. The van der Waals surface area contributed by atoms with Gasteiger partial charge in [-0.3, -0.25) is 14.9 Å². The summed E-state index contributed by atoms with van der Waals surface area (Å²) < 4.78 is 21.2. The van der Waals surface area contributed by atoms with Gasteiger partial charge < -0.3 is 34.2 Å². The smallest absolute Gasteiger partial charge is 0.269 e. The van der Waals surface area contributed by atoms with Crippen LogP contribution in [-0.2, 0) is 16.2 Å². The third kappa shape index (κ3) is 10.4. The lowest BCUT2D eigenvalue weighted by Gasteiger charge is -2.60. The molecule has 1 heterocycles. The molecule has 0 radical (unpaired) electrons. The van der Waals surface area contributed by atoms with E-state index in [1.165, 1.54) is 12.1 Å². The molecule has 1 saturated carbocycles. The third-order valence-corrected chi connectivity index (χ3v) is 14.3. The molecule has 0 bridgehead atoms. The molecule has 1 aliphatic heterocycles. The molecule has 1 amide bonds. The second-order valence-corrected chi connectivity index (χ2v) is 18.7. The highest BCUT2D eigenvalue weighted by molar-refractivity contribution is 7.98. The zero-order valence-corrected chi connectivity index (χ0v) is 39.7. The van der Waals surface area contributed by atoms with E-state index in [9.17, 15) is 20.3 Å². The number of hydrogen-bond donors (Lipinski definition) is 2. The minimum absolute atomic E-state index is 0.0167. The summed E-state index contributed by atoms with van der Waals surface area (Å²) in [5.74, 6) is -0.306. The van der Waals surface area contributed by atoms with Gasteiger partial charge in [0.05, 0.1) is 23.2 Å². The molecule has 356 valence electrons. The number of aliphatic hydroxyl groups excluding tert-OH is 2. The van der Waals surface area contributed by atoms with Crippen molar-refractivity contribution in [3.05, 3.63) is 160 Å². The van der Waals surface area contributed by atoms with E-state index in [1.54, 1.807) is 30.0 Å². The van der Waals surface area contributed by atoms with E-state index in [4.69, 9.17) is 24.2 Å². The lowest BCUT2D eigenvalue weighted by molar-refractivity contribution is -0.384. The summed E-state index contributed by atoms with van der Waals surface area (Å²) in [7, 11) is 0. The number of nitro benzene ring substituents is 1. The molecule has 3 aliphatic rings. The number of unbranched alkanes of at least 4 members (excludes halogenated alkanes) is 2. The first kappa shape index (κ1) is 48.5. The van der Waals surface area contributed by atoms with E-state index >= 15 is 4.79 Å². The molecule has 0 saturated heterocycles. The number of ether oxygens (including phenoxy) is 3. The fourth-order valence-electron chi connectivity index (χ4n) is 10.5. The Labute approximate surface area is 402 Å². The van der Waals surface area contributed by atoms with Crippen LogP contribution in [0.1, 0.15) is 85.7 Å². The Morgan fingerprint density at radius 2 is 1.68 bits per heavy atom. The number of rotatable bonds is 22. The summed E-state index contributed by atoms with van der Waals surface area (Å²) in [5, 5.41) is 38.4. The van der Waals surface area contributed by atoms with Crippen molar-refractivity contribution in [1.29, 1.82) is 0 Å². The maximum absolute atomic E-state index is 15.3. The van der Waals surface area contributed by atoms with Crippen molar-refractivity contribution in [3.8, 4) is 17.2 Å². The number of aliphatic hydroxyl groups is 2. The highest BCUT2D eigenvalue weighted by Gasteiger charge is 2.65. The summed E-state index contributed by atoms with van der Waals surface area (Å²) in [6.45, 7) is 6.88. The van der Waals surface area contributed by atoms with E-state index in [0.717, 1.165) is 52.5 Å². The molecule has 1 fully saturated rings. The van der Waals surface area contributed by atoms with Gasteiger partial charge in [0.15, 0.2) is 0 Å². The van der Waals surface area contributed by atoms with Crippen molar-refractivity contribution in [2.45, 2.75) is 87.5 Å². The van der Waals surface area contributed by atoms with Gasteiger partial charge in [0.2, 0.25) is 5.79 Å². The average molecular weight is 940 g/mol. The number of oxime groups is 1. The van der Waals surface area contributed by atoms with Crippen LogP contribution < -0.4 is 9.47 Å². The summed E-state index contributed by atoms with van der Waals surface area (Å²) in [6, 6.07) is 33.3. The first-order valence-electron chi connectivity index (χ1n) is 23.8. The lowest BCUT2D eigenvalue weighted by atomic mass is 9.55. The van der Waals surface area contributed by atoms with Gasteiger partial charge in [-0.15, -0.1) is 18.3 Å².